The molecule has 2 aliphatic rings. The number of halogens is 1. The van der Waals surface area contributed by atoms with Gasteiger partial charge in [0.25, 0.3) is 0 Å². The van der Waals surface area contributed by atoms with Crippen molar-refractivity contribution in [2.24, 2.45) is 5.41 Å². The van der Waals surface area contributed by atoms with Crippen LogP contribution in [0.3, 0.4) is 0 Å². The molecule has 0 N–H and O–H groups in total. The Bertz CT molecular complexity index is 697. The smallest absolute Gasteiger partial charge is 0.227 e. The molecule has 130 valence electrons. The van der Waals surface area contributed by atoms with Gasteiger partial charge < -0.3 is 9.64 Å². The third-order valence-corrected chi connectivity index (χ3v) is 5.16. The van der Waals surface area contributed by atoms with E-state index in [1.165, 1.54) is 0 Å². The van der Waals surface area contributed by atoms with E-state index in [-0.39, 0.29) is 17.1 Å². The molecular formula is C19H24ClNO3. The number of Topliss-reactive ketones (excluding diaryl/α,β-unsaturated/α-hetero) is 1. The van der Waals surface area contributed by atoms with Gasteiger partial charge in [-0.15, -0.1) is 0 Å². The molecule has 0 aliphatic carbocycles. The van der Waals surface area contributed by atoms with Crippen LogP contribution in [-0.4, -0.2) is 35.3 Å². The lowest BCUT2D eigenvalue weighted by Crippen LogP contribution is -2.54. The summed E-state index contributed by atoms with van der Waals surface area (Å²) in [7, 11) is 0. The van der Waals surface area contributed by atoms with Gasteiger partial charge in [-0.25, -0.2) is 0 Å². The average molecular weight is 350 g/mol. The minimum absolute atomic E-state index is 0.0810. The fourth-order valence-corrected chi connectivity index (χ4v) is 3.86. The van der Waals surface area contributed by atoms with Gasteiger partial charge in [0.15, 0.2) is 5.78 Å². The second kappa shape index (κ2) is 5.76. The summed E-state index contributed by atoms with van der Waals surface area (Å²) in [6.45, 7) is 8.98. The van der Waals surface area contributed by atoms with Gasteiger partial charge in [-0.1, -0.05) is 32.4 Å². The number of carbonyl (C=O) groups excluding carboxylic acids is 2. The van der Waals surface area contributed by atoms with E-state index < -0.39 is 5.60 Å². The van der Waals surface area contributed by atoms with Crippen molar-refractivity contribution in [3.05, 3.63) is 28.3 Å². The number of ketones is 1. The van der Waals surface area contributed by atoms with Gasteiger partial charge in [0, 0.05) is 36.4 Å². The van der Waals surface area contributed by atoms with Crippen LogP contribution in [0.2, 0.25) is 5.02 Å². The number of hydrogen-bond donors (Lipinski definition) is 0. The van der Waals surface area contributed by atoms with E-state index in [0.29, 0.717) is 48.7 Å². The van der Waals surface area contributed by atoms with Crippen LogP contribution in [-0.2, 0) is 4.79 Å². The van der Waals surface area contributed by atoms with Crippen molar-refractivity contribution in [1.29, 1.82) is 0 Å². The summed E-state index contributed by atoms with van der Waals surface area (Å²) in [6, 6.07) is 3.52. The summed E-state index contributed by atoms with van der Waals surface area (Å²) in [4.78, 5) is 27.0. The first-order valence-corrected chi connectivity index (χ1v) is 8.81. The Labute approximate surface area is 148 Å². The number of carbonyl (C=O) groups is 2. The van der Waals surface area contributed by atoms with Crippen molar-refractivity contribution in [2.75, 3.05) is 13.1 Å². The lowest BCUT2D eigenvalue weighted by molar-refractivity contribution is -0.143. The molecule has 2 aliphatic heterocycles. The summed E-state index contributed by atoms with van der Waals surface area (Å²) in [6.07, 6.45) is 1.72. The molecule has 0 saturated carbocycles. The first-order chi connectivity index (χ1) is 11.1. The first kappa shape index (κ1) is 17.3. The van der Waals surface area contributed by atoms with Crippen molar-refractivity contribution in [3.8, 4) is 5.75 Å². The second-order valence-electron chi connectivity index (χ2n) is 8.03. The third-order valence-electron chi connectivity index (χ3n) is 4.94. The van der Waals surface area contributed by atoms with Gasteiger partial charge in [0.1, 0.15) is 11.4 Å². The number of fused-ring (bicyclic) bond motifs is 1. The summed E-state index contributed by atoms with van der Waals surface area (Å²) in [5.41, 5.74) is 0.599. The monoisotopic (exact) mass is 349 g/mol. The molecule has 2 heterocycles. The van der Waals surface area contributed by atoms with E-state index in [9.17, 15) is 9.59 Å². The second-order valence-corrected chi connectivity index (χ2v) is 8.46. The molecule has 1 saturated heterocycles. The highest BCUT2D eigenvalue weighted by Gasteiger charge is 2.45. The summed E-state index contributed by atoms with van der Waals surface area (Å²) < 4.78 is 6.31. The maximum Gasteiger partial charge on any atom is 0.227 e. The molecule has 1 amide bonds. The first-order valence-electron chi connectivity index (χ1n) is 8.43. The van der Waals surface area contributed by atoms with Crippen molar-refractivity contribution < 1.29 is 14.3 Å². The topological polar surface area (TPSA) is 46.6 Å². The molecule has 4 nitrogen and oxygen atoms in total. The zero-order chi connectivity index (χ0) is 17.7. The Morgan fingerprint density at radius 3 is 2.46 bits per heavy atom. The molecular weight excluding hydrogens is 326 g/mol. The van der Waals surface area contributed by atoms with E-state index in [2.05, 4.69) is 0 Å². The molecule has 1 aromatic rings. The van der Waals surface area contributed by atoms with Crippen LogP contribution in [0.15, 0.2) is 12.1 Å². The third kappa shape index (κ3) is 3.04. The van der Waals surface area contributed by atoms with E-state index in [0.717, 1.165) is 5.56 Å². The Morgan fingerprint density at radius 2 is 1.88 bits per heavy atom. The van der Waals surface area contributed by atoms with E-state index in [4.69, 9.17) is 16.3 Å². The van der Waals surface area contributed by atoms with Gasteiger partial charge in [-0.2, -0.15) is 0 Å². The highest BCUT2D eigenvalue weighted by atomic mass is 35.5. The number of nitrogens with zero attached hydrogens (tertiary/aromatic N) is 1. The minimum atomic E-state index is -0.489. The molecule has 0 atom stereocenters. The predicted octanol–water partition coefficient (Wildman–Crippen LogP) is 4.02. The van der Waals surface area contributed by atoms with Crippen LogP contribution in [0.1, 0.15) is 56.0 Å². The zero-order valence-electron chi connectivity index (χ0n) is 14.7. The number of hydrogen-bond acceptors (Lipinski definition) is 3. The van der Waals surface area contributed by atoms with Crippen LogP contribution in [0, 0.1) is 12.3 Å². The van der Waals surface area contributed by atoms with Crippen LogP contribution >= 0.6 is 11.6 Å². The Hall–Kier alpha value is -1.55. The van der Waals surface area contributed by atoms with Crippen molar-refractivity contribution >= 4 is 23.3 Å². The summed E-state index contributed by atoms with van der Waals surface area (Å²) in [5.74, 6) is 0.895. The standard InChI is InChI=1S/C19H24ClNO3/c1-12-9-13(20)10-14-15(22)11-19(24-16(12)14)5-7-21(8-6-19)17(23)18(2,3)4/h9-10H,5-8,11H2,1-4H3. The normalized spacial score (nSPS) is 19.9. The number of likely N-dealkylation sites (tertiary alicyclic amines) is 1. The molecule has 0 radical (unpaired) electrons. The fourth-order valence-electron chi connectivity index (χ4n) is 3.58. The van der Waals surface area contributed by atoms with Crippen LogP contribution in [0.5, 0.6) is 5.75 Å². The van der Waals surface area contributed by atoms with E-state index >= 15 is 0 Å². The van der Waals surface area contributed by atoms with Gasteiger partial charge in [0.2, 0.25) is 5.91 Å². The van der Waals surface area contributed by atoms with Crippen molar-refractivity contribution in [1.82, 2.24) is 4.90 Å². The predicted molar refractivity (Wildman–Crippen MR) is 93.8 cm³/mol. The van der Waals surface area contributed by atoms with Crippen molar-refractivity contribution in [2.45, 2.75) is 52.6 Å². The lowest BCUT2D eigenvalue weighted by atomic mass is 9.81. The lowest BCUT2D eigenvalue weighted by Gasteiger charge is -2.45. The zero-order valence-corrected chi connectivity index (χ0v) is 15.5. The average Bonchev–Trinajstić information content (AvgIpc) is 2.48. The summed E-state index contributed by atoms with van der Waals surface area (Å²) in [5, 5.41) is 0.560. The fraction of sp³-hybridized carbons (Fsp3) is 0.579. The van der Waals surface area contributed by atoms with Crippen LogP contribution in [0.25, 0.3) is 0 Å². The number of aryl methyl sites for hydroxylation is 1. The molecule has 1 spiro atoms. The maximum absolute atomic E-state index is 12.6. The number of ether oxygens (including phenoxy) is 1. The van der Waals surface area contributed by atoms with Gasteiger partial charge in [-0.05, 0) is 24.6 Å². The summed E-state index contributed by atoms with van der Waals surface area (Å²) >= 11 is 6.07. The minimum Gasteiger partial charge on any atom is -0.486 e. The number of amides is 1. The van der Waals surface area contributed by atoms with Crippen molar-refractivity contribution in [3.63, 3.8) is 0 Å². The largest absolute Gasteiger partial charge is 0.486 e. The van der Waals surface area contributed by atoms with Gasteiger partial charge in [-0.3, -0.25) is 9.59 Å². The highest BCUT2D eigenvalue weighted by Crippen LogP contribution is 2.42. The molecule has 5 heteroatoms. The van der Waals surface area contributed by atoms with Crippen LogP contribution in [0.4, 0.5) is 0 Å². The van der Waals surface area contributed by atoms with Gasteiger partial charge in [0.05, 0.1) is 12.0 Å². The molecule has 24 heavy (non-hydrogen) atoms. The number of rotatable bonds is 0. The molecule has 0 bridgehead atoms. The molecule has 1 fully saturated rings. The Morgan fingerprint density at radius 1 is 1.25 bits per heavy atom. The Balaban J connectivity index is 1.80. The molecule has 0 aromatic heterocycles. The molecule has 1 aromatic carbocycles. The maximum atomic E-state index is 12.6. The number of piperidine rings is 1. The highest BCUT2D eigenvalue weighted by molar-refractivity contribution is 6.31. The molecule has 0 unspecified atom stereocenters. The quantitative estimate of drug-likeness (QED) is 0.710. The molecule has 3 rings (SSSR count). The SMILES string of the molecule is Cc1cc(Cl)cc2c1OC1(CCN(C(=O)C(C)(C)C)CC1)CC2=O. The van der Waals surface area contributed by atoms with E-state index in [1.54, 1.807) is 6.07 Å². The van der Waals surface area contributed by atoms with Crippen LogP contribution < -0.4 is 4.74 Å². The Kier molecular flexibility index (Phi) is 4.15. The van der Waals surface area contributed by atoms with Gasteiger partial charge >= 0.3 is 0 Å². The number of benzene rings is 1. The van der Waals surface area contributed by atoms with E-state index in [1.807, 2.05) is 38.7 Å².